The average molecular weight is 524 g/mol. The first kappa shape index (κ1) is 27.8. The van der Waals surface area contributed by atoms with Crippen LogP contribution in [0.3, 0.4) is 0 Å². The van der Waals surface area contributed by atoms with Gasteiger partial charge < -0.3 is 24.8 Å². The molecule has 1 aromatic heterocycles. The monoisotopic (exact) mass is 523 g/mol. The maximum atomic E-state index is 13.5. The Balaban J connectivity index is 1.86. The van der Waals surface area contributed by atoms with E-state index in [-0.39, 0.29) is 49.1 Å². The normalized spacial score (nSPS) is 15.3. The van der Waals surface area contributed by atoms with Crippen LogP contribution in [0.1, 0.15) is 50.9 Å². The SMILES string of the molecule is CCOC(=O)CC1Cc2c(cccc2Oc2cc(CNC(=O)OC(C)(C)C)cc(C(F)(F)F)n2)NC1=O. The molecule has 2 N–H and O–H groups in total. The van der Waals surface area contributed by atoms with E-state index in [1.54, 1.807) is 39.8 Å². The fourth-order valence-electron chi connectivity index (χ4n) is 3.61. The zero-order valence-electron chi connectivity index (χ0n) is 20.8. The van der Waals surface area contributed by atoms with Gasteiger partial charge in [0.2, 0.25) is 11.8 Å². The summed E-state index contributed by atoms with van der Waals surface area (Å²) in [6.07, 6.45) is -5.60. The number of carbonyl (C=O) groups excluding carboxylic acids is 3. The van der Waals surface area contributed by atoms with Gasteiger partial charge in [0.25, 0.3) is 0 Å². The van der Waals surface area contributed by atoms with Gasteiger partial charge in [-0.15, -0.1) is 0 Å². The Bertz CT molecular complexity index is 1180. The molecular formula is C25H28F3N3O6. The number of amides is 2. The van der Waals surface area contributed by atoms with Crippen LogP contribution in [0.2, 0.25) is 0 Å². The topological polar surface area (TPSA) is 116 Å². The molecule has 37 heavy (non-hydrogen) atoms. The van der Waals surface area contributed by atoms with E-state index in [0.717, 1.165) is 6.07 Å². The number of hydrogen-bond acceptors (Lipinski definition) is 7. The number of fused-ring (bicyclic) bond motifs is 1. The van der Waals surface area contributed by atoms with Gasteiger partial charge in [-0.25, -0.2) is 9.78 Å². The fraction of sp³-hybridized carbons (Fsp3) is 0.440. The molecule has 3 rings (SSSR count). The molecule has 2 heterocycles. The molecule has 0 radical (unpaired) electrons. The number of alkyl carbamates (subject to hydrolysis) is 1. The highest BCUT2D eigenvalue weighted by atomic mass is 19.4. The van der Waals surface area contributed by atoms with E-state index in [9.17, 15) is 27.6 Å². The number of rotatable bonds is 7. The number of carbonyl (C=O) groups is 3. The second kappa shape index (κ2) is 11.1. The van der Waals surface area contributed by atoms with Crippen molar-refractivity contribution in [3.63, 3.8) is 0 Å². The van der Waals surface area contributed by atoms with E-state index in [2.05, 4.69) is 15.6 Å². The van der Waals surface area contributed by atoms with Crippen molar-refractivity contribution < 1.29 is 41.8 Å². The summed E-state index contributed by atoms with van der Waals surface area (Å²) in [5, 5.41) is 5.10. The lowest BCUT2D eigenvalue weighted by Gasteiger charge is -2.26. The van der Waals surface area contributed by atoms with Crippen molar-refractivity contribution in [2.45, 2.75) is 58.9 Å². The molecule has 1 aliphatic rings. The number of benzene rings is 1. The van der Waals surface area contributed by atoms with E-state index in [1.165, 1.54) is 12.1 Å². The maximum absolute atomic E-state index is 13.5. The second-order valence-corrected chi connectivity index (χ2v) is 9.34. The smallest absolute Gasteiger partial charge is 0.433 e. The molecular weight excluding hydrogens is 495 g/mol. The quantitative estimate of drug-likeness (QED) is 0.492. The van der Waals surface area contributed by atoms with E-state index in [0.29, 0.717) is 11.3 Å². The van der Waals surface area contributed by atoms with Gasteiger partial charge in [-0.2, -0.15) is 13.2 Å². The molecule has 0 bridgehead atoms. The van der Waals surface area contributed by atoms with Crippen LogP contribution in [-0.4, -0.2) is 35.2 Å². The molecule has 1 atom stereocenters. The zero-order valence-corrected chi connectivity index (χ0v) is 20.8. The number of nitrogens with one attached hydrogen (secondary N) is 2. The number of aromatic nitrogens is 1. The standard InChI is InChI=1S/C25H28F3N3O6/c1-5-35-21(32)12-15-11-16-17(30-22(15)33)7-6-8-18(16)36-20-10-14(9-19(31-20)25(26,27)28)13-29-23(34)37-24(2,3)4/h6-10,15H,5,11-13H2,1-4H3,(H,29,34)(H,30,33). The molecule has 2 amide bonds. The van der Waals surface area contributed by atoms with Gasteiger partial charge in [0.1, 0.15) is 17.0 Å². The minimum Gasteiger partial charge on any atom is -0.466 e. The summed E-state index contributed by atoms with van der Waals surface area (Å²) >= 11 is 0. The van der Waals surface area contributed by atoms with E-state index >= 15 is 0 Å². The summed E-state index contributed by atoms with van der Waals surface area (Å²) in [6, 6.07) is 6.79. The van der Waals surface area contributed by atoms with Crippen LogP contribution in [0.5, 0.6) is 11.6 Å². The van der Waals surface area contributed by atoms with Crippen LogP contribution in [0.4, 0.5) is 23.7 Å². The molecule has 0 saturated heterocycles. The van der Waals surface area contributed by atoms with Crippen molar-refractivity contribution >= 4 is 23.7 Å². The first-order chi connectivity index (χ1) is 17.2. The third kappa shape index (κ3) is 7.83. The number of halogens is 3. The molecule has 1 aromatic carbocycles. The van der Waals surface area contributed by atoms with E-state index < -0.39 is 35.5 Å². The van der Waals surface area contributed by atoms with Gasteiger partial charge in [0.05, 0.1) is 18.9 Å². The fourth-order valence-corrected chi connectivity index (χ4v) is 3.61. The maximum Gasteiger partial charge on any atom is 0.433 e. The number of pyridine rings is 1. The Hall–Kier alpha value is -3.83. The Labute approximate surface area is 211 Å². The van der Waals surface area contributed by atoms with Crippen LogP contribution in [-0.2, 0) is 38.2 Å². The van der Waals surface area contributed by atoms with Crippen molar-refractivity contribution in [3.8, 4) is 11.6 Å². The number of hydrogen-bond donors (Lipinski definition) is 2. The highest BCUT2D eigenvalue weighted by Crippen LogP contribution is 2.37. The number of esters is 1. The molecule has 0 saturated carbocycles. The van der Waals surface area contributed by atoms with Crippen molar-refractivity contribution in [3.05, 3.63) is 47.2 Å². The highest BCUT2D eigenvalue weighted by Gasteiger charge is 2.34. The first-order valence-corrected chi connectivity index (χ1v) is 11.6. The predicted molar refractivity (Wildman–Crippen MR) is 126 cm³/mol. The van der Waals surface area contributed by atoms with Crippen LogP contribution >= 0.6 is 0 Å². The van der Waals surface area contributed by atoms with Crippen LogP contribution in [0.15, 0.2) is 30.3 Å². The lowest BCUT2D eigenvalue weighted by Crippen LogP contribution is -2.32. The summed E-state index contributed by atoms with van der Waals surface area (Å²) in [7, 11) is 0. The number of anilines is 1. The van der Waals surface area contributed by atoms with Gasteiger partial charge in [-0.05, 0) is 57.9 Å². The highest BCUT2D eigenvalue weighted by molar-refractivity contribution is 5.98. The Kier molecular flexibility index (Phi) is 8.29. The van der Waals surface area contributed by atoms with Crippen molar-refractivity contribution in [1.29, 1.82) is 0 Å². The summed E-state index contributed by atoms with van der Waals surface area (Å²) < 4.78 is 56.4. The molecule has 9 nitrogen and oxygen atoms in total. The Morgan fingerprint density at radius 1 is 1.19 bits per heavy atom. The molecule has 200 valence electrons. The lowest BCUT2D eigenvalue weighted by atomic mass is 9.90. The molecule has 2 aromatic rings. The largest absolute Gasteiger partial charge is 0.466 e. The molecule has 0 aliphatic carbocycles. The summed E-state index contributed by atoms with van der Waals surface area (Å²) in [6.45, 7) is 6.54. The Morgan fingerprint density at radius 2 is 1.92 bits per heavy atom. The number of nitrogens with zero attached hydrogens (tertiary/aromatic N) is 1. The van der Waals surface area contributed by atoms with Crippen LogP contribution in [0.25, 0.3) is 0 Å². The van der Waals surface area contributed by atoms with Gasteiger partial charge in [0.15, 0.2) is 0 Å². The van der Waals surface area contributed by atoms with Gasteiger partial charge in [-0.3, -0.25) is 9.59 Å². The minimum atomic E-state index is -4.77. The first-order valence-electron chi connectivity index (χ1n) is 11.6. The van der Waals surface area contributed by atoms with Crippen LogP contribution in [0, 0.1) is 5.92 Å². The molecule has 1 aliphatic heterocycles. The molecule has 0 fully saturated rings. The molecule has 0 spiro atoms. The lowest BCUT2D eigenvalue weighted by molar-refractivity contribution is -0.145. The second-order valence-electron chi connectivity index (χ2n) is 9.34. The van der Waals surface area contributed by atoms with Gasteiger partial charge in [-0.1, -0.05) is 6.07 Å². The van der Waals surface area contributed by atoms with E-state index in [4.69, 9.17) is 14.2 Å². The Morgan fingerprint density at radius 3 is 2.57 bits per heavy atom. The van der Waals surface area contributed by atoms with Crippen molar-refractivity contribution in [2.24, 2.45) is 5.92 Å². The summed E-state index contributed by atoms with van der Waals surface area (Å²) in [4.78, 5) is 39.9. The molecule has 1 unspecified atom stereocenters. The molecule has 12 heteroatoms. The van der Waals surface area contributed by atoms with E-state index in [1.807, 2.05) is 0 Å². The van der Waals surface area contributed by atoms with Gasteiger partial charge in [0, 0.05) is 23.9 Å². The van der Waals surface area contributed by atoms with Gasteiger partial charge >= 0.3 is 18.2 Å². The predicted octanol–water partition coefficient (Wildman–Crippen LogP) is 4.98. The number of ether oxygens (including phenoxy) is 3. The van der Waals surface area contributed by atoms with Crippen molar-refractivity contribution in [1.82, 2.24) is 10.3 Å². The van der Waals surface area contributed by atoms with Crippen LogP contribution < -0.4 is 15.4 Å². The summed E-state index contributed by atoms with van der Waals surface area (Å²) in [5.41, 5.74) is -0.975. The third-order valence-electron chi connectivity index (χ3n) is 5.13. The van der Waals surface area contributed by atoms with Crippen molar-refractivity contribution in [2.75, 3.05) is 11.9 Å². The zero-order chi connectivity index (χ0) is 27.4. The average Bonchev–Trinajstić information content (AvgIpc) is 2.77. The number of alkyl halides is 3. The minimum absolute atomic E-state index is 0.0847. The summed E-state index contributed by atoms with van der Waals surface area (Å²) in [5.74, 6) is -1.83. The third-order valence-corrected chi connectivity index (χ3v) is 5.13.